The van der Waals surface area contributed by atoms with Crippen LogP contribution in [0.25, 0.3) is 11.2 Å². The molecule has 0 saturated carbocycles. The molecule has 1 atom stereocenters. The molecule has 1 aliphatic heterocycles. The molecule has 172 valence electrons. The van der Waals surface area contributed by atoms with Gasteiger partial charge in [-0.1, -0.05) is 0 Å². The monoisotopic (exact) mass is 452 g/mol. The Bertz CT molecular complexity index is 1290. The Balaban J connectivity index is 0.000000821. The van der Waals surface area contributed by atoms with Crippen LogP contribution in [-0.2, 0) is 29.7 Å². The molecular formula is C21H24N8O4. The van der Waals surface area contributed by atoms with Crippen LogP contribution >= 0.6 is 0 Å². The second-order valence-electron chi connectivity index (χ2n) is 7.47. The molecule has 4 aromatic rings. The molecule has 12 nitrogen and oxygen atoms in total. The number of methoxy groups -OCH3 is 1. The molecule has 5 heterocycles. The quantitative estimate of drug-likeness (QED) is 0.348. The minimum Gasteiger partial charge on any atom is -0.483 e. The molecule has 1 unspecified atom stereocenters. The van der Waals surface area contributed by atoms with Crippen LogP contribution in [0.15, 0.2) is 31.0 Å². The van der Waals surface area contributed by atoms with Crippen molar-refractivity contribution in [3.63, 3.8) is 0 Å². The van der Waals surface area contributed by atoms with E-state index in [9.17, 15) is 4.79 Å². The third kappa shape index (κ3) is 4.02. The number of imidazole rings is 2. The molecule has 0 radical (unpaired) electrons. The van der Waals surface area contributed by atoms with Gasteiger partial charge in [-0.2, -0.15) is 5.10 Å². The summed E-state index contributed by atoms with van der Waals surface area (Å²) < 4.78 is 8.69. The lowest BCUT2D eigenvalue weighted by Gasteiger charge is -2.32. The van der Waals surface area contributed by atoms with Gasteiger partial charge in [0.25, 0.3) is 6.47 Å². The maximum absolute atomic E-state index is 11.9. The molecule has 1 aliphatic rings. The van der Waals surface area contributed by atoms with Crippen molar-refractivity contribution in [1.29, 1.82) is 0 Å². The highest BCUT2D eigenvalue weighted by molar-refractivity contribution is 5.92. The van der Waals surface area contributed by atoms with Crippen LogP contribution in [0.4, 0.5) is 5.95 Å². The van der Waals surface area contributed by atoms with E-state index in [-0.39, 0.29) is 12.4 Å². The SMILES string of the molecule is CCn1c(N2Cc3[nH]cnc3C(c3cnn(C)c3)C2)nc2cc(C(=O)OC)cnc21.O=CO. The second-order valence-corrected chi connectivity index (χ2v) is 7.47. The van der Waals surface area contributed by atoms with E-state index in [1.54, 1.807) is 17.1 Å². The fraction of sp³-hybridized carbons (Fsp3) is 0.333. The summed E-state index contributed by atoms with van der Waals surface area (Å²) in [6.45, 7) is 3.90. The molecule has 5 rings (SSSR count). The van der Waals surface area contributed by atoms with E-state index < -0.39 is 5.97 Å². The third-order valence-electron chi connectivity index (χ3n) is 5.55. The number of pyridine rings is 1. The standard InChI is InChI=1S/C20H22N8O2.CH2O2/c1-4-28-18-15(5-12(6-21-18)19(29)30-3)25-20(28)27-9-14(13-7-24-26(2)8-13)17-16(10-27)22-11-23-17;2-1-3/h5-8,11,14H,4,9-10H2,1-3H3,(H,22,23);1H,(H,2,3). The number of carbonyl (C=O) groups is 2. The Labute approximate surface area is 188 Å². The Hall–Kier alpha value is -4.22. The van der Waals surface area contributed by atoms with Gasteiger partial charge in [0, 0.05) is 44.0 Å². The van der Waals surface area contributed by atoms with Crippen molar-refractivity contribution in [2.24, 2.45) is 7.05 Å². The van der Waals surface area contributed by atoms with E-state index in [4.69, 9.17) is 19.6 Å². The largest absolute Gasteiger partial charge is 0.483 e. The Kier molecular flexibility index (Phi) is 6.07. The van der Waals surface area contributed by atoms with Gasteiger partial charge in [-0.3, -0.25) is 14.0 Å². The van der Waals surface area contributed by atoms with Crippen LogP contribution in [-0.4, -0.2) is 65.5 Å². The number of aromatic nitrogens is 7. The van der Waals surface area contributed by atoms with Crippen molar-refractivity contribution < 1.29 is 19.4 Å². The lowest BCUT2D eigenvalue weighted by molar-refractivity contribution is -0.122. The second kappa shape index (κ2) is 9.10. The fourth-order valence-electron chi connectivity index (χ4n) is 4.12. The molecule has 0 saturated heterocycles. The average molecular weight is 452 g/mol. The van der Waals surface area contributed by atoms with Crippen LogP contribution in [0.3, 0.4) is 0 Å². The van der Waals surface area contributed by atoms with Crippen molar-refractivity contribution >= 4 is 29.6 Å². The number of esters is 1. The number of carbonyl (C=O) groups excluding carboxylic acids is 1. The highest BCUT2D eigenvalue weighted by Gasteiger charge is 2.32. The number of fused-ring (bicyclic) bond motifs is 2. The molecule has 4 aromatic heterocycles. The molecule has 0 aliphatic carbocycles. The van der Waals surface area contributed by atoms with E-state index in [0.717, 1.165) is 35.1 Å². The first-order valence-corrected chi connectivity index (χ1v) is 10.3. The lowest BCUT2D eigenvalue weighted by atomic mass is 9.93. The molecule has 12 heteroatoms. The number of aromatic amines is 1. The minimum absolute atomic E-state index is 0.0809. The molecular weight excluding hydrogens is 428 g/mol. The lowest BCUT2D eigenvalue weighted by Crippen LogP contribution is -2.36. The Morgan fingerprint density at radius 3 is 2.82 bits per heavy atom. The van der Waals surface area contributed by atoms with Gasteiger partial charge in [-0.15, -0.1) is 0 Å². The van der Waals surface area contributed by atoms with E-state index in [2.05, 4.69) is 36.4 Å². The van der Waals surface area contributed by atoms with Gasteiger partial charge in [-0.25, -0.2) is 19.7 Å². The maximum Gasteiger partial charge on any atom is 0.339 e. The third-order valence-corrected chi connectivity index (χ3v) is 5.55. The van der Waals surface area contributed by atoms with Gasteiger partial charge < -0.3 is 19.7 Å². The number of hydrogen-bond acceptors (Lipinski definition) is 8. The van der Waals surface area contributed by atoms with Crippen molar-refractivity contribution in [3.8, 4) is 0 Å². The highest BCUT2D eigenvalue weighted by atomic mass is 16.5. The zero-order valence-corrected chi connectivity index (χ0v) is 18.5. The van der Waals surface area contributed by atoms with Crippen LogP contribution in [0, 0.1) is 0 Å². The molecule has 2 N–H and O–H groups in total. The van der Waals surface area contributed by atoms with Gasteiger partial charge in [0.15, 0.2) is 5.65 Å². The summed E-state index contributed by atoms with van der Waals surface area (Å²) in [5.74, 6) is 0.474. The summed E-state index contributed by atoms with van der Waals surface area (Å²) in [5.41, 5.74) is 5.02. The van der Waals surface area contributed by atoms with Crippen molar-refractivity contribution in [2.45, 2.75) is 25.9 Å². The van der Waals surface area contributed by atoms with Crippen molar-refractivity contribution in [2.75, 3.05) is 18.6 Å². The van der Waals surface area contributed by atoms with Crippen LogP contribution in [0.2, 0.25) is 0 Å². The number of carboxylic acid groups (broad SMARTS) is 1. The molecule has 0 fully saturated rings. The zero-order chi connectivity index (χ0) is 23.5. The van der Waals surface area contributed by atoms with E-state index >= 15 is 0 Å². The number of nitrogens with one attached hydrogen (secondary N) is 1. The van der Waals surface area contributed by atoms with Crippen LogP contribution in [0.5, 0.6) is 0 Å². The van der Waals surface area contributed by atoms with Crippen LogP contribution in [0.1, 0.15) is 40.2 Å². The number of aryl methyl sites for hydroxylation is 2. The van der Waals surface area contributed by atoms with Gasteiger partial charge >= 0.3 is 5.97 Å². The minimum atomic E-state index is -0.422. The number of rotatable bonds is 4. The smallest absolute Gasteiger partial charge is 0.339 e. The first kappa shape index (κ1) is 22.0. The number of hydrogen-bond donors (Lipinski definition) is 2. The number of anilines is 1. The highest BCUT2D eigenvalue weighted by Crippen LogP contribution is 2.34. The molecule has 0 amide bonds. The van der Waals surface area contributed by atoms with E-state index in [1.165, 1.54) is 13.3 Å². The molecule has 0 aromatic carbocycles. The summed E-state index contributed by atoms with van der Waals surface area (Å²) in [7, 11) is 3.27. The maximum atomic E-state index is 11.9. The van der Waals surface area contributed by atoms with Gasteiger partial charge in [0.05, 0.1) is 43.1 Å². The summed E-state index contributed by atoms with van der Waals surface area (Å²) in [6, 6.07) is 1.73. The normalized spacial score (nSPS) is 15.0. The fourth-order valence-corrected chi connectivity index (χ4v) is 4.12. The first-order valence-electron chi connectivity index (χ1n) is 10.3. The predicted octanol–water partition coefficient (Wildman–Crippen LogP) is 1.55. The first-order chi connectivity index (χ1) is 16.0. The summed E-state index contributed by atoms with van der Waals surface area (Å²) >= 11 is 0. The summed E-state index contributed by atoms with van der Waals surface area (Å²) in [5, 5.41) is 11.2. The van der Waals surface area contributed by atoms with Gasteiger partial charge in [-0.05, 0) is 13.0 Å². The Morgan fingerprint density at radius 2 is 2.15 bits per heavy atom. The number of ether oxygens (including phenoxy) is 1. The number of H-pyrrole nitrogens is 1. The van der Waals surface area contributed by atoms with Crippen molar-refractivity contribution in [3.05, 3.63) is 53.5 Å². The average Bonchev–Trinajstić information content (AvgIpc) is 3.55. The summed E-state index contributed by atoms with van der Waals surface area (Å²) in [6.07, 6.45) is 7.19. The molecule has 0 spiro atoms. The van der Waals surface area contributed by atoms with Crippen LogP contribution < -0.4 is 4.90 Å². The predicted molar refractivity (Wildman–Crippen MR) is 118 cm³/mol. The topological polar surface area (TPSA) is 144 Å². The van der Waals surface area contributed by atoms with Crippen molar-refractivity contribution in [1.82, 2.24) is 34.3 Å². The van der Waals surface area contributed by atoms with Gasteiger partial charge in [0.2, 0.25) is 5.95 Å². The zero-order valence-electron chi connectivity index (χ0n) is 18.5. The summed E-state index contributed by atoms with van der Waals surface area (Å²) in [4.78, 5) is 39.7. The molecule has 0 bridgehead atoms. The Morgan fingerprint density at radius 1 is 1.36 bits per heavy atom. The van der Waals surface area contributed by atoms with E-state index in [1.807, 2.05) is 19.4 Å². The van der Waals surface area contributed by atoms with E-state index in [0.29, 0.717) is 24.2 Å². The number of nitrogens with zero attached hydrogens (tertiary/aromatic N) is 7. The van der Waals surface area contributed by atoms with Gasteiger partial charge in [0.1, 0.15) is 5.52 Å². The molecule has 33 heavy (non-hydrogen) atoms.